The molecule has 1 amide bonds. The third kappa shape index (κ3) is 3.57. The van der Waals surface area contributed by atoms with Crippen LogP contribution >= 0.6 is 0 Å². The van der Waals surface area contributed by atoms with Crippen LogP contribution in [0.15, 0.2) is 18.3 Å². The fourth-order valence-electron chi connectivity index (χ4n) is 1.73. The van der Waals surface area contributed by atoms with E-state index in [1.165, 1.54) is 18.3 Å². The summed E-state index contributed by atoms with van der Waals surface area (Å²) in [5.74, 6) is 4.46. The molecular formula is C11H13F3N4O. The number of carbonyl (C=O) groups excluding carboxylic acids is 1. The Morgan fingerprint density at radius 3 is 2.74 bits per heavy atom. The van der Waals surface area contributed by atoms with Gasteiger partial charge in [0.2, 0.25) is 0 Å². The number of hydrogen-bond acceptors (Lipinski definition) is 4. The molecule has 1 aromatic heterocycles. The van der Waals surface area contributed by atoms with E-state index in [2.05, 4.69) is 10.4 Å². The first kappa shape index (κ1) is 13.6. The minimum atomic E-state index is -4.41. The molecule has 0 spiro atoms. The summed E-state index contributed by atoms with van der Waals surface area (Å²) in [6.45, 7) is -1.25. The number of amides is 1. The van der Waals surface area contributed by atoms with Gasteiger partial charge >= 0.3 is 6.18 Å². The van der Waals surface area contributed by atoms with Crippen molar-refractivity contribution in [1.82, 2.24) is 9.88 Å². The quantitative estimate of drug-likeness (QED) is 0.645. The van der Waals surface area contributed by atoms with Gasteiger partial charge in [-0.1, -0.05) is 0 Å². The number of nitrogens with one attached hydrogen (secondary N) is 1. The summed E-state index contributed by atoms with van der Waals surface area (Å²) in [6, 6.07) is 2.50. The molecule has 0 unspecified atom stereocenters. The molecule has 3 N–H and O–H groups in total. The summed E-state index contributed by atoms with van der Waals surface area (Å²) >= 11 is 0. The maximum atomic E-state index is 12.5. The third-order valence-corrected chi connectivity index (χ3v) is 2.74. The van der Waals surface area contributed by atoms with E-state index in [-0.39, 0.29) is 11.7 Å². The number of aromatic nitrogens is 1. The molecule has 104 valence electrons. The first-order valence-corrected chi connectivity index (χ1v) is 5.71. The highest BCUT2D eigenvalue weighted by Crippen LogP contribution is 2.31. The minimum absolute atomic E-state index is 0.0494. The van der Waals surface area contributed by atoms with Gasteiger partial charge in [0.05, 0.1) is 5.69 Å². The number of pyridine rings is 1. The molecule has 0 atom stereocenters. The van der Waals surface area contributed by atoms with Crippen molar-refractivity contribution >= 4 is 11.6 Å². The predicted octanol–water partition coefficient (Wildman–Crippen LogP) is 1.53. The van der Waals surface area contributed by atoms with E-state index in [9.17, 15) is 18.0 Å². The molecule has 8 heteroatoms. The van der Waals surface area contributed by atoms with Gasteiger partial charge < -0.3 is 10.3 Å². The Balaban J connectivity index is 2.19. The van der Waals surface area contributed by atoms with Crippen LogP contribution in [0.1, 0.15) is 23.3 Å². The number of anilines is 1. The molecule has 1 aliphatic rings. The second kappa shape index (κ2) is 5.04. The average Bonchev–Trinajstić information content (AvgIpc) is 3.18. The van der Waals surface area contributed by atoms with Crippen LogP contribution in [0.4, 0.5) is 18.9 Å². The van der Waals surface area contributed by atoms with Crippen LogP contribution in [0.3, 0.4) is 0 Å². The maximum absolute atomic E-state index is 12.5. The van der Waals surface area contributed by atoms with Gasteiger partial charge in [-0.2, -0.15) is 13.2 Å². The summed E-state index contributed by atoms with van der Waals surface area (Å²) in [7, 11) is 0. The monoisotopic (exact) mass is 274 g/mol. The van der Waals surface area contributed by atoms with Gasteiger partial charge in [-0.3, -0.25) is 15.6 Å². The second-order valence-corrected chi connectivity index (χ2v) is 4.35. The molecule has 0 saturated heterocycles. The predicted molar refractivity (Wildman–Crippen MR) is 62.2 cm³/mol. The Hall–Kier alpha value is -1.83. The Morgan fingerprint density at radius 1 is 1.53 bits per heavy atom. The van der Waals surface area contributed by atoms with Crippen molar-refractivity contribution in [3.63, 3.8) is 0 Å². The summed E-state index contributed by atoms with van der Waals surface area (Å²) < 4.78 is 37.4. The highest BCUT2D eigenvalue weighted by molar-refractivity contribution is 5.93. The molecule has 19 heavy (non-hydrogen) atoms. The molecule has 5 nitrogen and oxygen atoms in total. The van der Waals surface area contributed by atoms with Crippen LogP contribution in [0.5, 0.6) is 0 Å². The smallest absolute Gasteiger partial charge is 0.325 e. The van der Waals surface area contributed by atoms with Gasteiger partial charge in [0.15, 0.2) is 0 Å². The average molecular weight is 274 g/mol. The van der Waals surface area contributed by atoms with Crippen molar-refractivity contribution in [1.29, 1.82) is 0 Å². The van der Waals surface area contributed by atoms with Crippen LogP contribution < -0.4 is 11.3 Å². The number of rotatable bonds is 4. The van der Waals surface area contributed by atoms with Gasteiger partial charge in [-0.05, 0) is 25.0 Å². The number of hydrazine groups is 1. The van der Waals surface area contributed by atoms with E-state index in [1.54, 1.807) is 0 Å². The first-order valence-electron chi connectivity index (χ1n) is 5.71. The molecule has 1 fully saturated rings. The lowest BCUT2D eigenvalue weighted by Gasteiger charge is -2.23. The van der Waals surface area contributed by atoms with Gasteiger partial charge in [0, 0.05) is 12.2 Å². The zero-order chi connectivity index (χ0) is 14.0. The van der Waals surface area contributed by atoms with E-state index in [4.69, 9.17) is 5.84 Å². The minimum Gasteiger partial charge on any atom is -0.325 e. The second-order valence-electron chi connectivity index (χ2n) is 4.35. The van der Waals surface area contributed by atoms with Crippen molar-refractivity contribution in [2.45, 2.75) is 25.1 Å². The van der Waals surface area contributed by atoms with Crippen molar-refractivity contribution < 1.29 is 18.0 Å². The molecular weight excluding hydrogens is 261 g/mol. The maximum Gasteiger partial charge on any atom is 0.406 e. The molecule has 0 radical (unpaired) electrons. The summed E-state index contributed by atoms with van der Waals surface area (Å²) in [5, 5.41) is 0. The summed E-state index contributed by atoms with van der Waals surface area (Å²) in [4.78, 5) is 16.7. The molecule has 1 saturated carbocycles. The Bertz CT molecular complexity index is 473. The number of halogens is 3. The van der Waals surface area contributed by atoms with E-state index in [1.807, 2.05) is 0 Å². The fourth-order valence-corrected chi connectivity index (χ4v) is 1.73. The highest BCUT2D eigenvalue weighted by Gasteiger charge is 2.41. The normalized spacial score (nSPS) is 15.2. The van der Waals surface area contributed by atoms with E-state index >= 15 is 0 Å². The molecule has 0 bridgehead atoms. The topological polar surface area (TPSA) is 71.2 Å². The number of alkyl halides is 3. The first-order chi connectivity index (χ1) is 8.90. The van der Waals surface area contributed by atoms with E-state index in [0.717, 1.165) is 4.90 Å². The summed E-state index contributed by atoms with van der Waals surface area (Å²) in [5.41, 5.74) is 2.69. The van der Waals surface area contributed by atoms with E-state index in [0.29, 0.717) is 18.5 Å². The Morgan fingerprint density at radius 2 is 2.21 bits per heavy atom. The van der Waals surface area contributed by atoms with Gasteiger partial charge in [-0.15, -0.1) is 0 Å². The van der Waals surface area contributed by atoms with Crippen LogP contribution in [-0.4, -0.2) is 34.6 Å². The lowest BCUT2D eigenvalue weighted by Crippen LogP contribution is -2.40. The third-order valence-electron chi connectivity index (χ3n) is 2.74. The fraction of sp³-hybridized carbons (Fsp3) is 0.455. The van der Waals surface area contributed by atoms with Crippen LogP contribution in [0.2, 0.25) is 0 Å². The van der Waals surface area contributed by atoms with Crippen LogP contribution in [0, 0.1) is 0 Å². The Kier molecular flexibility index (Phi) is 3.61. The zero-order valence-corrected chi connectivity index (χ0v) is 9.94. The molecule has 0 aliphatic heterocycles. The van der Waals surface area contributed by atoms with Crippen LogP contribution in [-0.2, 0) is 0 Å². The van der Waals surface area contributed by atoms with Gasteiger partial charge in [-0.25, -0.2) is 0 Å². The van der Waals surface area contributed by atoms with Crippen molar-refractivity contribution in [3.8, 4) is 0 Å². The highest BCUT2D eigenvalue weighted by atomic mass is 19.4. The number of nitrogen functional groups attached to an aromatic ring is 1. The number of nitrogens with two attached hydrogens (primary N) is 1. The zero-order valence-electron chi connectivity index (χ0n) is 9.94. The largest absolute Gasteiger partial charge is 0.406 e. The van der Waals surface area contributed by atoms with Gasteiger partial charge in [0.25, 0.3) is 5.91 Å². The lowest BCUT2D eigenvalue weighted by atomic mass is 10.2. The standard InChI is InChI=1S/C11H13F3N4O/c12-11(13,14)6-18(8-1-2-8)10(19)9-5-7(17-15)3-4-16-9/h3-5,8H,1-2,6,15H2,(H,16,17). The molecule has 1 heterocycles. The molecule has 1 aliphatic carbocycles. The van der Waals surface area contributed by atoms with Gasteiger partial charge in [0.1, 0.15) is 12.2 Å². The van der Waals surface area contributed by atoms with E-state index < -0.39 is 18.6 Å². The Labute approximate surface area is 107 Å². The lowest BCUT2D eigenvalue weighted by molar-refractivity contribution is -0.141. The van der Waals surface area contributed by atoms with Crippen molar-refractivity contribution in [2.75, 3.05) is 12.0 Å². The SMILES string of the molecule is NNc1ccnc(C(=O)N(CC(F)(F)F)C2CC2)c1. The number of nitrogens with zero attached hydrogens (tertiary/aromatic N) is 2. The summed E-state index contributed by atoms with van der Waals surface area (Å²) in [6.07, 6.45) is -1.91. The molecule has 1 aromatic rings. The molecule has 0 aromatic carbocycles. The van der Waals surface area contributed by atoms with Crippen molar-refractivity contribution in [3.05, 3.63) is 24.0 Å². The van der Waals surface area contributed by atoms with Crippen LogP contribution in [0.25, 0.3) is 0 Å². The van der Waals surface area contributed by atoms with Crippen molar-refractivity contribution in [2.24, 2.45) is 5.84 Å². The molecule has 2 rings (SSSR count). The number of carbonyl (C=O) groups is 1. The number of hydrogen-bond donors (Lipinski definition) is 2.